The average Bonchev–Trinajstić information content (AvgIpc) is 2.97. The van der Waals surface area contributed by atoms with Gasteiger partial charge >= 0.3 is 12.4 Å². The maximum Gasteiger partial charge on any atom is 0.429 e. The maximum absolute atomic E-state index is 13.1. The van der Waals surface area contributed by atoms with E-state index in [0.717, 1.165) is 31.8 Å². The zero-order valence-corrected chi connectivity index (χ0v) is 19.9. The topological polar surface area (TPSA) is 60.7 Å². The predicted molar refractivity (Wildman–Crippen MR) is 113 cm³/mol. The molecule has 194 valence electrons. The van der Waals surface area contributed by atoms with E-state index in [1.165, 1.54) is 0 Å². The highest BCUT2D eigenvalue weighted by atomic mass is 19.4. The summed E-state index contributed by atoms with van der Waals surface area (Å²) in [4.78, 5) is 0. The lowest BCUT2D eigenvalue weighted by Gasteiger charge is -2.50. The number of hydrogen-bond acceptors (Lipinski definition) is 3. The second-order valence-electron chi connectivity index (χ2n) is 11.4. The molecule has 0 aliphatic heterocycles. The molecule has 2 fully saturated rings. The van der Waals surface area contributed by atoms with Crippen LogP contribution in [0.5, 0.6) is 0 Å². The molecule has 5 atom stereocenters. The fourth-order valence-electron chi connectivity index (χ4n) is 6.49. The monoisotopic (exact) mass is 488 g/mol. The van der Waals surface area contributed by atoms with Crippen molar-refractivity contribution in [1.29, 1.82) is 0 Å². The zero-order chi connectivity index (χ0) is 25.5. The number of halogens is 6. The highest BCUT2D eigenvalue weighted by Gasteiger charge is 2.69. The molecule has 0 saturated heterocycles. The first kappa shape index (κ1) is 28.4. The van der Waals surface area contributed by atoms with Gasteiger partial charge in [0.15, 0.2) is 0 Å². The van der Waals surface area contributed by atoms with Crippen LogP contribution >= 0.6 is 0 Å². The third-order valence-electron chi connectivity index (χ3n) is 8.27. The highest BCUT2D eigenvalue weighted by molar-refractivity contribution is 5.13. The molecular formula is C24H38F6O3. The van der Waals surface area contributed by atoms with Gasteiger partial charge < -0.3 is 15.3 Å². The molecule has 9 heteroatoms. The normalized spacial score (nSPS) is 31.6. The SMILES string of the molecule is CC(C)(O)CCCC(C)(C/C=C\C(O)(C(F)(F)F)C(F)(F)F)[C@H]1CCC2[C@@H](O)CCC[C@@]21C. The third-order valence-corrected chi connectivity index (χ3v) is 8.27. The fraction of sp³-hybridized carbons (Fsp3) is 0.917. The van der Waals surface area contributed by atoms with Gasteiger partial charge in [0.25, 0.3) is 5.60 Å². The van der Waals surface area contributed by atoms with E-state index in [9.17, 15) is 41.7 Å². The molecule has 0 aromatic carbocycles. The summed E-state index contributed by atoms with van der Waals surface area (Å²) in [5.74, 6) is 0.0393. The Labute approximate surface area is 192 Å². The van der Waals surface area contributed by atoms with Gasteiger partial charge in [0.05, 0.1) is 11.7 Å². The number of allylic oxidation sites excluding steroid dienone is 1. The summed E-state index contributed by atoms with van der Waals surface area (Å²) in [7, 11) is 0. The van der Waals surface area contributed by atoms with Crippen molar-refractivity contribution in [3.05, 3.63) is 12.2 Å². The van der Waals surface area contributed by atoms with Gasteiger partial charge in [0, 0.05) is 0 Å². The number of alkyl halides is 6. The second-order valence-corrected chi connectivity index (χ2v) is 11.4. The van der Waals surface area contributed by atoms with Gasteiger partial charge in [0.1, 0.15) is 0 Å². The molecule has 2 aliphatic carbocycles. The van der Waals surface area contributed by atoms with Gasteiger partial charge in [-0.05, 0) is 87.5 Å². The third kappa shape index (κ3) is 5.89. The molecular weight excluding hydrogens is 450 g/mol. The van der Waals surface area contributed by atoms with Gasteiger partial charge in [-0.3, -0.25) is 0 Å². The smallest absolute Gasteiger partial charge is 0.393 e. The average molecular weight is 489 g/mol. The van der Waals surface area contributed by atoms with E-state index >= 15 is 0 Å². The molecule has 0 aromatic heterocycles. The van der Waals surface area contributed by atoms with Crippen molar-refractivity contribution >= 4 is 0 Å². The fourth-order valence-corrected chi connectivity index (χ4v) is 6.49. The van der Waals surface area contributed by atoms with Crippen LogP contribution in [0.3, 0.4) is 0 Å². The van der Waals surface area contributed by atoms with Crippen molar-refractivity contribution in [2.24, 2.45) is 22.7 Å². The van der Waals surface area contributed by atoms with Crippen LogP contribution < -0.4 is 0 Å². The Morgan fingerprint density at radius 2 is 1.48 bits per heavy atom. The molecule has 0 bridgehead atoms. The molecule has 2 unspecified atom stereocenters. The molecule has 0 spiro atoms. The summed E-state index contributed by atoms with van der Waals surface area (Å²) in [5, 5.41) is 30.1. The van der Waals surface area contributed by atoms with Crippen LogP contribution in [0.1, 0.15) is 85.5 Å². The highest BCUT2D eigenvalue weighted by Crippen LogP contribution is 2.62. The molecule has 3 nitrogen and oxygen atoms in total. The van der Waals surface area contributed by atoms with Crippen LogP contribution in [-0.2, 0) is 0 Å². The molecule has 33 heavy (non-hydrogen) atoms. The van der Waals surface area contributed by atoms with E-state index in [2.05, 4.69) is 6.92 Å². The van der Waals surface area contributed by atoms with Crippen LogP contribution in [-0.4, -0.2) is 45.0 Å². The van der Waals surface area contributed by atoms with E-state index in [0.29, 0.717) is 25.7 Å². The molecule has 2 saturated carbocycles. The van der Waals surface area contributed by atoms with Crippen molar-refractivity contribution < 1.29 is 41.7 Å². The summed E-state index contributed by atoms with van der Waals surface area (Å²) < 4.78 is 78.6. The molecule has 2 rings (SSSR count). The van der Waals surface area contributed by atoms with Gasteiger partial charge in [-0.1, -0.05) is 32.8 Å². The van der Waals surface area contributed by atoms with Crippen LogP contribution in [0.15, 0.2) is 12.2 Å². The Hall–Kier alpha value is -0.800. The Balaban J connectivity index is 2.35. The maximum atomic E-state index is 13.1. The van der Waals surface area contributed by atoms with E-state index in [1.807, 2.05) is 6.92 Å². The molecule has 0 aromatic rings. The summed E-state index contributed by atoms with van der Waals surface area (Å²) >= 11 is 0. The van der Waals surface area contributed by atoms with E-state index in [1.54, 1.807) is 13.8 Å². The van der Waals surface area contributed by atoms with E-state index in [4.69, 9.17) is 0 Å². The minimum absolute atomic E-state index is 0.0127. The number of aliphatic hydroxyl groups excluding tert-OH is 1. The quantitative estimate of drug-likeness (QED) is 0.277. The van der Waals surface area contributed by atoms with E-state index in [-0.39, 0.29) is 29.7 Å². The largest absolute Gasteiger partial charge is 0.429 e. The Bertz CT molecular complexity index is 682. The van der Waals surface area contributed by atoms with Crippen molar-refractivity contribution in [1.82, 2.24) is 0 Å². The minimum Gasteiger partial charge on any atom is -0.393 e. The molecule has 3 N–H and O–H groups in total. The lowest BCUT2D eigenvalue weighted by molar-refractivity contribution is -0.347. The molecule has 2 aliphatic rings. The van der Waals surface area contributed by atoms with Crippen molar-refractivity contribution in [2.45, 2.75) is 115 Å². The predicted octanol–water partition coefficient (Wildman–Crippen LogP) is 6.31. The lowest BCUT2D eigenvalue weighted by Crippen LogP contribution is -2.55. The molecule has 0 radical (unpaired) electrons. The molecule has 0 heterocycles. The van der Waals surface area contributed by atoms with Crippen LogP contribution in [0.25, 0.3) is 0 Å². The Morgan fingerprint density at radius 3 is 2.00 bits per heavy atom. The number of hydrogen-bond donors (Lipinski definition) is 3. The summed E-state index contributed by atoms with van der Waals surface area (Å²) in [6.45, 7) is 7.27. The van der Waals surface area contributed by atoms with Gasteiger partial charge in [0.2, 0.25) is 0 Å². The standard InChI is InChI=1S/C24H38F6O3/c1-19(2,32)11-6-12-20(3,13-7-15-22(33,23(25,26)27)24(28,29)30)18-10-9-16-17(31)8-5-14-21(16,18)4/h7,15-18,31-33H,5-6,8-14H2,1-4H3/b15-7-/t16?,17-,18+,20?,21-/m0/s1. The van der Waals surface area contributed by atoms with Gasteiger partial charge in [-0.2, -0.15) is 26.3 Å². The summed E-state index contributed by atoms with van der Waals surface area (Å²) in [6, 6.07) is 0. The van der Waals surface area contributed by atoms with Crippen LogP contribution in [0.2, 0.25) is 0 Å². The number of rotatable bonds is 8. The first-order valence-electron chi connectivity index (χ1n) is 11.7. The first-order chi connectivity index (χ1) is 14.8. The number of aliphatic hydroxyl groups is 3. The van der Waals surface area contributed by atoms with Gasteiger partial charge in [-0.15, -0.1) is 0 Å². The Morgan fingerprint density at radius 1 is 0.909 bits per heavy atom. The second kappa shape index (κ2) is 9.34. The minimum atomic E-state index is -5.89. The molecule has 0 amide bonds. The van der Waals surface area contributed by atoms with Crippen molar-refractivity contribution in [2.75, 3.05) is 0 Å². The first-order valence-corrected chi connectivity index (χ1v) is 11.7. The van der Waals surface area contributed by atoms with Crippen molar-refractivity contribution in [3.8, 4) is 0 Å². The Kier molecular flexibility index (Phi) is 8.05. The summed E-state index contributed by atoms with van der Waals surface area (Å²) in [5.41, 5.74) is -6.76. The van der Waals surface area contributed by atoms with Crippen LogP contribution in [0, 0.1) is 22.7 Å². The van der Waals surface area contributed by atoms with Crippen molar-refractivity contribution in [3.63, 3.8) is 0 Å². The van der Waals surface area contributed by atoms with Gasteiger partial charge in [-0.25, -0.2) is 0 Å². The lowest BCUT2D eigenvalue weighted by atomic mass is 9.56. The van der Waals surface area contributed by atoms with E-state index < -0.39 is 35.1 Å². The summed E-state index contributed by atoms with van der Waals surface area (Å²) in [6.07, 6.45) is -6.29. The number of fused-ring (bicyclic) bond motifs is 1. The zero-order valence-electron chi connectivity index (χ0n) is 19.9. The van der Waals surface area contributed by atoms with Crippen LogP contribution in [0.4, 0.5) is 26.3 Å².